The number of primary amides is 1. The van der Waals surface area contributed by atoms with Crippen LogP contribution in [0.5, 0.6) is 0 Å². The lowest BCUT2D eigenvalue weighted by Crippen LogP contribution is -2.27. The molecule has 0 aliphatic carbocycles. The SMILES string of the molecule is C[C@H](NC(=O)c1ccc(C(N)=O)nc1)c1ccc(S(C)(=O)=O)cc1. The summed E-state index contributed by atoms with van der Waals surface area (Å²) < 4.78 is 22.9. The Kier molecular flexibility index (Phi) is 4.99. The Morgan fingerprint density at radius 3 is 2.21 bits per heavy atom. The van der Waals surface area contributed by atoms with Gasteiger partial charge in [-0.15, -0.1) is 0 Å². The molecule has 24 heavy (non-hydrogen) atoms. The van der Waals surface area contributed by atoms with Gasteiger partial charge in [0.2, 0.25) is 0 Å². The molecule has 7 nitrogen and oxygen atoms in total. The van der Waals surface area contributed by atoms with Gasteiger partial charge in [0, 0.05) is 12.5 Å². The molecule has 0 spiro atoms. The van der Waals surface area contributed by atoms with Crippen LogP contribution in [0, 0.1) is 0 Å². The second-order valence-electron chi connectivity index (χ2n) is 5.33. The quantitative estimate of drug-likeness (QED) is 0.838. The second-order valence-corrected chi connectivity index (χ2v) is 7.35. The summed E-state index contributed by atoms with van der Waals surface area (Å²) in [5.74, 6) is -1.03. The van der Waals surface area contributed by atoms with E-state index in [1.54, 1.807) is 19.1 Å². The van der Waals surface area contributed by atoms with Crippen molar-refractivity contribution in [3.8, 4) is 0 Å². The molecule has 1 aromatic carbocycles. The first-order valence-electron chi connectivity index (χ1n) is 7.05. The van der Waals surface area contributed by atoms with Crippen molar-refractivity contribution in [1.82, 2.24) is 10.3 Å². The molecular weight excluding hydrogens is 330 g/mol. The first-order chi connectivity index (χ1) is 11.2. The van der Waals surface area contributed by atoms with E-state index in [4.69, 9.17) is 5.73 Å². The molecule has 0 radical (unpaired) electrons. The monoisotopic (exact) mass is 347 g/mol. The van der Waals surface area contributed by atoms with Crippen LogP contribution in [0.2, 0.25) is 0 Å². The summed E-state index contributed by atoms with van der Waals surface area (Å²) in [6.45, 7) is 1.78. The molecule has 2 aromatic rings. The molecule has 0 aliphatic heterocycles. The van der Waals surface area contributed by atoms with Crippen LogP contribution in [0.25, 0.3) is 0 Å². The van der Waals surface area contributed by atoms with Crippen molar-refractivity contribution in [2.75, 3.05) is 6.26 Å². The zero-order valence-corrected chi connectivity index (χ0v) is 14.0. The Labute approximate surface area is 139 Å². The lowest BCUT2D eigenvalue weighted by molar-refractivity contribution is 0.0936. The van der Waals surface area contributed by atoms with Gasteiger partial charge in [-0.1, -0.05) is 12.1 Å². The molecular formula is C16H17N3O4S. The summed E-state index contributed by atoms with van der Waals surface area (Å²) in [5.41, 5.74) is 6.23. The largest absolute Gasteiger partial charge is 0.364 e. The van der Waals surface area contributed by atoms with E-state index >= 15 is 0 Å². The number of amides is 2. The summed E-state index contributed by atoms with van der Waals surface area (Å²) >= 11 is 0. The zero-order chi connectivity index (χ0) is 17.9. The van der Waals surface area contributed by atoms with Crippen LogP contribution in [-0.4, -0.2) is 31.5 Å². The van der Waals surface area contributed by atoms with E-state index in [1.165, 1.54) is 30.5 Å². The van der Waals surface area contributed by atoms with Crippen LogP contribution in [0.3, 0.4) is 0 Å². The highest BCUT2D eigenvalue weighted by atomic mass is 32.2. The minimum Gasteiger partial charge on any atom is -0.364 e. The van der Waals surface area contributed by atoms with E-state index in [2.05, 4.69) is 10.3 Å². The molecule has 3 N–H and O–H groups in total. The molecule has 0 aliphatic rings. The molecule has 1 aromatic heterocycles. The number of aromatic nitrogens is 1. The highest BCUT2D eigenvalue weighted by molar-refractivity contribution is 7.90. The molecule has 0 saturated carbocycles. The van der Waals surface area contributed by atoms with Crippen LogP contribution in [0.4, 0.5) is 0 Å². The summed E-state index contributed by atoms with van der Waals surface area (Å²) in [5, 5.41) is 2.77. The van der Waals surface area contributed by atoms with Crippen molar-refractivity contribution in [3.05, 3.63) is 59.4 Å². The topological polar surface area (TPSA) is 119 Å². The van der Waals surface area contributed by atoms with Gasteiger partial charge in [0.25, 0.3) is 11.8 Å². The Bertz CT molecular complexity index is 859. The third-order valence-electron chi connectivity index (χ3n) is 3.43. The van der Waals surface area contributed by atoms with Gasteiger partial charge in [-0.3, -0.25) is 14.6 Å². The fourth-order valence-electron chi connectivity index (χ4n) is 2.04. The summed E-state index contributed by atoms with van der Waals surface area (Å²) in [7, 11) is -3.26. The predicted molar refractivity (Wildman–Crippen MR) is 88.2 cm³/mol. The van der Waals surface area contributed by atoms with Crippen molar-refractivity contribution >= 4 is 21.7 Å². The van der Waals surface area contributed by atoms with Gasteiger partial charge in [0.05, 0.1) is 16.5 Å². The highest BCUT2D eigenvalue weighted by Gasteiger charge is 2.14. The zero-order valence-electron chi connectivity index (χ0n) is 13.2. The normalized spacial score (nSPS) is 12.4. The van der Waals surface area contributed by atoms with E-state index < -0.39 is 15.7 Å². The number of pyridine rings is 1. The van der Waals surface area contributed by atoms with Crippen LogP contribution in [-0.2, 0) is 9.84 Å². The Hall–Kier alpha value is -2.74. The average Bonchev–Trinajstić information content (AvgIpc) is 2.54. The maximum atomic E-state index is 12.2. The lowest BCUT2D eigenvalue weighted by atomic mass is 10.1. The molecule has 0 unspecified atom stereocenters. The number of sulfone groups is 1. The molecule has 2 rings (SSSR count). The smallest absolute Gasteiger partial charge is 0.267 e. The van der Waals surface area contributed by atoms with Crippen molar-refractivity contribution in [1.29, 1.82) is 0 Å². The summed E-state index contributed by atoms with van der Waals surface area (Å²) in [6, 6.07) is 8.80. The van der Waals surface area contributed by atoms with Gasteiger partial charge < -0.3 is 11.1 Å². The minimum atomic E-state index is -3.26. The fourth-order valence-corrected chi connectivity index (χ4v) is 2.67. The fraction of sp³-hybridized carbons (Fsp3) is 0.188. The Morgan fingerprint density at radius 1 is 1.12 bits per heavy atom. The van der Waals surface area contributed by atoms with Gasteiger partial charge in [0.15, 0.2) is 9.84 Å². The summed E-state index contributed by atoms with van der Waals surface area (Å²) in [4.78, 5) is 27.2. The summed E-state index contributed by atoms with van der Waals surface area (Å²) in [6.07, 6.45) is 2.41. The van der Waals surface area contributed by atoms with Crippen molar-refractivity contribution in [2.24, 2.45) is 5.73 Å². The molecule has 0 fully saturated rings. The number of carbonyl (C=O) groups excluding carboxylic acids is 2. The standard InChI is InChI=1S/C16H17N3O4S/c1-10(11-3-6-13(7-4-11)24(2,22)23)19-16(21)12-5-8-14(15(17)20)18-9-12/h3-10H,1-2H3,(H2,17,20)(H,19,21)/t10-/m0/s1. The molecule has 2 amide bonds. The third kappa shape index (κ3) is 4.17. The van der Waals surface area contributed by atoms with Gasteiger partial charge in [-0.2, -0.15) is 0 Å². The first kappa shape index (κ1) is 17.6. The maximum Gasteiger partial charge on any atom is 0.267 e. The van der Waals surface area contributed by atoms with Crippen molar-refractivity contribution in [2.45, 2.75) is 17.9 Å². The molecule has 126 valence electrons. The molecule has 8 heteroatoms. The van der Waals surface area contributed by atoms with Crippen LogP contribution < -0.4 is 11.1 Å². The van der Waals surface area contributed by atoms with Gasteiger partial charge in [-0.05, 0) is 36.8 Å². The third-order valence-corrected chi connectivity index (χ3v) is 4.56. The van der Waals surface area contributed by atoms with Crippen molar-refractivity contribution < 1.29 is 18.0 Å². The predicted octanol–water partition coefficient (Wildman–Crippen LogP) is 1.07. The van der Waals surface area contributed by atoms with E-state index in [9.17, 15) is 18.0 Å². The minimum absolute atomic E-state index is 0.0796. The number of nitrogens with one attached hydrogen (secondary N) is 1. The van der Waals surface area contributed by atoms with E-state index in [0.717, 1.165) is 11.8 Å². The Balaban J connectivity index is 2.09. The number of carbonyl (C=O) groups is 2. The van der Waals surface area contributed by atoms with E-state index in [1.807, 2.05) is 0 Å². The molecule has 1 atom stereocenters. The van der Waals surface area contributed by atoms with Gasteiger partial charge in [-0.25, -0.2) is 8.42 Å². The van der Waals surface area contributed by atoms with Crippen LogP contribution in [0.15, 0.2) is 47.5 Å². The number of hydrogen-bond acceptors (Lipinski definition) is 5. The van der Waals surface area contributed by atoms with Crippen LogP contribution in [0.1, 0.15) is 39.4 Å². The van der Waals surface area contributed by atoms with Gasteiger partial charge in [0.1, 0.15) is 5.69 Å². The first-order valence-corrected chi connectivity index (χ1v) is 8.94. The number of hydrogen-bond donors (Lipinski definition) is 2. The number of nitrogens with two attached hydrogens (primary N) is 1. The maximum absolute atomic E-state index is 12.2. The molecule has 0 bridgehead atoms. The van der Waals surface area contributed by atoms with Crippen molar-refractivity contribution in [3.63, 3.8) is 0 Å². The number of nitrogens with zero attached hydrogens (tertiary/aromatic N) is 1. The van der Waals surface area contributed by atoms with Gasteiger partial charge >= 0.3 is 0 Å². The highest BCUT2D eigenvalue weighted by Crippen LogP contribution is 2.16. The Morgan fingerprint density at radius 2 is 1.75 bits per heavy atom. The average molecular weight is 347 g/mol. The lowest BCUT2D eigenvalue weighted by Gasteiger charge is -2.14. The molecule has 1 heterocycles. The second kappa shape index (κ2) is 6.79. The van der Waals surface area contributed by atoms with E-state index in [0.29, 0.717) is 5.56 Å². The van der Waals surface area contributed by atoms with E-state index in [-0.39, 0.29) is 22.5 Å². The van der Waals surface area contributed by atoms with Crippen LogP contribution >= 0.6 is 0 Å². The number of rotatable bonds is 5. The number of benzene rings is 1. The molecule has 0 saturated heterocycles.